The lowest BCUT2D eigenvalue weighted by Crippen LogP contribution is -2.33. The Balaban J connectivity index is 1.87. The third-order valence-corrected chi connectivity index (χ3v) is 3.66. The van der Waals surface area contributed by atoms with Crippen molar-refractivity contribution in [1.29, 1.82) is 0 Å². The van der Waals surface area contributed by atoms with Gasteiger partial charge in [0, 0.05) is 6.04 Å². The van der Waals surface area contributed by atoms with Gasteiger partial charge in [0.25, 0.3) is 5.91 Å². The molecule has 0 fully saturated rings. The van der Waals surface area contributed by atoms with Crippen LogP contribution < -0.4 is 10.1 Å². The number of aromatic nitrogens is 1. The second-order valence-corrected chi connectivity index (χ2v) is 5.46. The van der Waals surface area contributed by atoms with E-state index in [1.165, 1.54) is 5.56 Å². The number of nitrogens with zero attached hydrogens (tertiary/aromatic N) is 1. The lowest BCUT2D eigenvalue weighted by molar-refractivity contribution is 0.0936. The SMILES string of the molecule is COc1ccc(CC[C@@H](C)NC(=O)c2c(C)noc2C)cc1. The second kappa shape index (κ2) is 7.11. The van der Waals surface area contributed by atoms with E-state index in [2.05, 4.69) is 10.5 Å². The number of nitrogens with one attached hydrogen (secondary N) is 1. The highest BCUT2D eigenvalue weighted by Crippen LogP contribution is 2.15. The van der Waals surface area contributed by atoms with E-state index in [0.717, 1.165) is 18.6 Å². The van der Waals surface area contributed by atoms with E-state index in [-0.39, 0.29) is 11.9 Å². The van der Waals surface area contributed by atoms with Crippen molar-refractivity contribution in [2.75, 3.05) is 7.11 Å². The second-order valence-electron chi connectivity index (χ2n) is 5.46. The third-order valence-electron chi connectivity index (χ3n) is 3.66. The van der Waals surface area contributed by atoms with E-state index >= 15 is 0 Å². The first-order valence-electron chi connectivity index (χ1n) is 7.38. The molecule has 0 aliphatic heterocycles. The van der Waals surface area contributed by atoms with Crippen LogP contribution in [0, 0.1) is 13.8 Å². The molecule has 5 nitrogen and oxygen atoms in total. The quantitative estimate of drug-likeness (QED) is 0.890. The molecule has 0 aliphatic carbocycles. The average Bonchev–Trinajstić information content (AvgIpc) is 2.84. The normalized spacial score (nSPS) is 12.0. The number of carbonyl (C=O) groups is 1. The number of amides is 1. The van der Waals surface area contributed by atoms with Crippen LogP contribution in [0.4, 0.5) is 0 Å². The molecule has 0 saturated carbocycles. The van der Waals surface area contributed by atoms with Crippen molar-refractivity contribution in [1.82, 2.24) is 10.5 Å². The first-order valence-corrected chi connectivity index (χ1v) is 7.38. The van der Waals surface area contributed by atoms with Crippen LogP contribution in [0.25, 0.3) is 0 Å². The predicted octanol–water partition coefficient (Wildman–Crippen LogP) is 3.05. The van der Waals surface area contributed by atoms with Gasteiger partial charge in [0.1, 0.15) is 17.1 Å². The van der Waals surface area contributed by atoms with Gasteiger partial charge in [-0.1, -0.05) is 17.3 Å². The van der Waals surface area contributed by atoms with Gasteiger partial charge in [-0.2, -0.15) is 0 Å². The van der Waals surface area contributed by atoms with E-state index in [1.807, 2.05) is 31.2 Å². The van der Waals surface area contributed by atoms with Crippen molar-refractivity contribution < 1.29 is 14.1 Å². The fourth-order valence-corrected chi connectivity index (χ4v) is 2.35. The first-order chi connectivity index (χ1) is 10.5. The molecule has 1 atom stereocenters. The van der Waals surface area contributed by atoms with E-state index in [4.69, 9.17) is 9.26 Å². The molecule has 1 N–H and O–H groups in total. The summed E-state index contributed by atoms with van der Waals surface area (Å²) in [6.45, 7) is 5.52. The maximum atomic E-state index is 12.2. The number of rotatable bonds is 6. The molecule has 0 unspecified atom stereocenters. The van der Waals surface area contributed by atoms with Crippen molar-refractivity contribution >= 4 is 5.91 Å². The van der Waals surface area contributed by atoms with Gasteiger partial charge in [-0.3, -0.25) is 4.79 Å². The van der Waals surface area contributed by atoms with E-state index in [1.54, 1.807) is 21.0 Å². The fourth-order valence-electron chi connectivity index (χ4n) is 2.35. The van der Waals surface area contributed by atoms with Gasteiger partial charge in [-0.15, -0.1) is 0 Å². The molecule has 1 amide bonds. The molecule has 2 aromatic rings. The lowest BCUT2D eigenvalue weighted by atomic mass is 10.1. The molecule has 0 aliphatic rings. The monoisotopic (exact) mass is 302 g/mol. The topological polar surface area (TPSA) is 64.4 Å². The number of benzene rings is 1. The maximum Gasteiger partial charge on any atom is 0.256 e. The largest absolute Gasteiger partial charge is 0.497 e. The predicted molar refractivity (Wildman–Crippen MR) is 84.2 cm³/mol. The van der Waals surface area contributed by atoms with Crippen molar-refractivity contribution in [2.45, 2.75) is 39.7 Å². The number of ether oxygens (including phenoxy) is 1. The number of carbonyl (C=O) groups excluding carboxylic acids is 1. The van der Waals surface area contributed by atoms with Crippen molar-refractivity contribution in [3.05, 3.63) is 46.8 Å². The highest BCUT2D eigenvalue weighted by atomic mass is 16.5. The summed E-state index contributed by atoms with van der Waals surface area (Å²) in [5.41, 5.74) is 2.38. The summed E-state index contributed by atoms with van der Waals surface area (Å²) in [7, 11) is 1.65. The molecule has 5 heteroatoms. The van der Waals surface area contributed by atoms with Gasteiger partial charge in [-0.25, -0.2) is 0 Å². The minimum Gasteiger partial charge on any atom is -0.497 e. The van der Waals surface area contributed by atoms with Crippen molar-refractivity contribution in [3.63, 3.8) is 0 Å². The highest BCUT2D eigenvalue weighted by molar-refractivity contribution is 5.96. The summed E-state index contributed by atoms with van der Waals surface area (Å²) in [6, 6.07) is 8.05. The van der Waals surface area contributed by atoms with Crippen LogP contribution in [0.3, 0.4) is 0 Å². The summed E-state index contributed by atoms with van der Waals surface area (Å²) in [5, 5.41) is 6.80. The Bertz CT molecular complexity index is 612. The average molecular weight is 302 g/mol. The molecule has 0 bridgehead atoms. The Morgan fingerprint density at radius 2 is 2.00 bits per heavy atom. The van der Waals surface area contributed by atoms with Gasteiger partial charge in [0.05, 0.1) is 12.8 Å². The summed E-state index contributed by atoms with van der Waals surface area (Å²) in [4.78, 5) is 12.2. The summed E-state index contributed by atoms with van der Waals surface area (Å²) in [5.74, 6) is 1.28. The molecular weight excluding hydrogens is 280 g/mol. The van der Waals surface area contributed by atoms with Crippen LogP contribution in [0.1, 0.15) is 40.7 Å². The number of methoxy groups -OCH3 is 1. The van der Waals surface area contributed by atoms with Crippen LogP contribution in [-0.2, 0) is 6.42 Å². The summed E-state index contributed by atoms with van der Waals surface area (Å²) in [6.07, 6.45) is 1.76. The molecule has 2 rings (SSSR count). The molecule has 0 saturated heterocycles. The van der Waals surface area contributed by atoms with Gasteiger partial charge in [0.2, 0.25) is 0 Å². The van der Waals surface area contributed by atoms with Gasteiger partial charge in [-0.05, 0) is 51.3 Å². The molecule has 0 spiro atoms. The summed E-state index contributed by atoms with van der Waals surface area (Å²) < 4.78 is 10.2. The Kier molecular flexibility index (Phi) is 5.20. The molecular formula is C17H22N2O3. The Morgan fingerprint density at radius 3 is 2.55 bits per heavy atom. The third kappa shape index (κ3) is 3.87. The number of aryl methyl sites for hydroxylation is 3. The number of hydrogen-bond donors (Lipinski definition) is 1. The maximum absolute atomic E-state index is 12.2. The van der Waals surface area contributed by atoms with Gasteiger partial charge in [0.15, 0.2) is 0 Å². The molecule has 1 heterocycles. The van der Waals surface area contributed by atoms with Crippen LogP contribution in [0.5, 0.6) is 5.75 Å². The van der Waals surface area contributed by atoms with Crippen molar-refractivity contribution in [3.8, 4) is 5.75 Å². The molecule has 118 valence electrons. The Labute approximate surface area is 130 Å². The zero-order valence-electron chi connectivity index (χ0n) is 13.5. The van der Waals surface area contributed by atoms with Crippen LogP contribution in [0.15, 0.2) is 28.8 Å². The first kappa shape index (κ1) is 16.1. The van der Waals surface area contributed by atoms with Gasteiger partial charge < -0.3 is 14.6 Å². The smallest absolute Gasteiger partial charge is 0.256 e. The van der Waals surface area contributed by atoms with E-state index in [9.17, 15) is 4.79 Å². The molecule has 1 aromatic carbocycles. The molecule has 1 aromatic heterocycles. The highest BCUT2D eigenvalue weighted by Gasteiger charge is 2.18. The summed E-state index contributed by atoms with van der Waals surface area (Å²) >= 11 is 0. The van der Waals surface area contributed by atoms with Crippen LogP contribution >= 0.6 is 0 Å². The molecule has 0 radical (unpaired) electrons. The zero-order chi connectivity index (χ0) is 16.1. The minimum absolute atomic E-state index is 0.0725. The van der Waals surface area contributed by atoms with Gasteiger partial charge >= 0.3 is 0 Å². The number of hydrogen-bond acceptors (Lipinski definition) is 4. The van der Waals surface area contributed by atoms with E-state index in [0.29, 0.717) is 17.0 Å². The van der Waals surface area contributed by atoms with Crippen LogP contribution in [-0.4, -0.2) is 24.2 Å². The van der Waals surface area contributed by atoms with E-state index < -0.39 is 0 Å². The zero-order valence-corrected chi connectivity index (χ0v) is 13.5. The standard InChI is InChI=1S/C17H22N2O3/c1-11(5-6-14-7-9-15(21-4)10-8-14)18-17(20)16-12(2)19-22-13(16)3/h7-11H,5-6H2,1-4H3,(H,18,20)/t11-/m1/s1. The molecule has 22 heavy (non-hydrogen) atoms. The Hall–Kier alpha value is -2.30. The van der Waals surface area contributed by atoms with Crippen molar-refractivity contribution in [2.24, 2.45) is 0 Å². The lowest BCUT2D eigenvalue weighted by Gasteiger charge is -2.14. The van der Waals surface area contributed by atoms with Crippen LogP contribution in [0.2, 0.25) is 0 Å². The fraction of sp³-hybridized carbons (Fsp3) is 0.412. The Morgan fingerprint density at radius 1 is 1.32 bits per heavy atom. The minimum atomic E-state index is -0.126.